The van der Waals surface area contributed by atoms with Gasteiger partial charge in [0.15, 0.2) is 0 Å². The van der Waals surface area contributed by atoms with E-state index in [1.807, 2.05) is 0 Å². The Labute approximate surface area is 106 Å². The molecule has 0 aromatic rings. The molecule has 0 radical (unpaired) electrons. The van der Waals surface area contributed by atoms with Crippen molar-refractivity contribution in [2.24, 2.45) is 28.7 Å². The summed E-state index contributed by atoms with van der Waals surface area (Å²) in [5.74, 6) is 3.16. The third-order valence-electron chi connectivity index (χ3n) is 4.73. The summed E-state index contributed by atoms with van der Waals surface area (Å²) in [7, 11) is 0. The topological polar surface area (TPSA) is 12.4 Å². The largest absolute Gasteiger partial charge is 0.269 e. The zero-order valence-electron chi connectivity index (χ0n) is 11.7. The molecule has 1 nitrogen and oxygen atoms in total. The highest BCUT2D eigenvalue weighted by molar-refractivity contribution is 5.64. The van der Waals surface area contributed by atoms with Gasteiger partial charge in [0.2, 0.25) is 0 Å². The first-order valence-electron chi connectivity index (χ1n) is 7.45. The Morgan fingerprint density at radius 2 is 2.06 bits per heavy atom. The number of rotatable bonds is 2. The van der Waals surface area contributed by atoms with Gasteiger partial charge in [-0.05, 0) is 42.6 Å². The molecule has 0 bridgehead atoms. The summed E-state index contributed by atoms with van der Waals surface area (Å²) in [6, 6.07) is 0. The van der Waals surface area contributed by atoms with Crippen LogP contribution in [-0.2, 0) is 0 Å². The Kier molecular flexibility index (Phi) is 4.42. The molecule has 1 aliphatic carbocycles. The summed E-state index contributed by atoms with van der Waals surface area (Å²) < 4.78 is 0. The van der Waals surface area contributed by atoms with Gasteiger partial charge in [-0.3, -0.25) is 4.99 Å². The van der Waals surface area contributed by atoms with Crippen molar-refractivity contribution in [3.05, 3.63) is 11.8 Å². The van der Waals surface area contributed by atoms with E-state index >= 15 is 0 Å². The standard InChI is InChI=1S/C16H27N/c1-4-13-6-5-7-15-14(9-8-13)10-17-11-16(15)12(2)3/h10-15H,4-9H2,1-3H3. The predicted octanol–water partition coefficient (Wildman–Crippen LogP) is 4.83. The summed E-state index contributed by atoms with van der Waals surface area (Å²) in [6.45, 7) is 6.98. The zero-order chi connectivity index (χ0) is 12.3. The molecule has 3 unspecified atom stereocenters. The maximum Gasteiger partial charge on any atom is 0.0261 e. The molecule has 17 heavy (non-hydrogen) atoms. The Morgan fingerprint density at radius 3 is 2.76 bits per heavy atom. The minimum Gasteiger partial charge on any atom is -0.269 e. The number of hydrogen-bond acceptors (Lipinski definition) is 1. The van der Waals surface area contributed by atoms with Crippen molar-refractivity contribution in [2.45, 2.75) is 59.3 Å². The second-order valence-electron chi connectivity index (χ2n) is 6.13. The van der Waals surface area contributed by atoms with Crippen LogP contribution in [0.5, 0.6) is 0 Å². The lowest BCUT2D eigenvalue weighted by Gasteiger charge is -2.34. The smallest absolute Gasteiger partial charge is 0.0261 e. The quantitative estimate of drug-likeness (QED) is 0.647. The number of fused-ring (bicyclic) bond motifs is 1. The molecule has 1 aliphatic heterocycles. The molecule has 0 N–H and O–H groups in total. The Bertz CT molecular complexity index is 301. The molecule has 1 heteroatoms. The molecular formula is C16H27N. The minimum atomic E-state index is 0.668. The number of allylic oxidation sites excluding steroid dienone is 1. The van der Waals surface area contributed by atoms with Crippen molar-refractivity contribution in [1.82, 2.24) is 0 Å². The van der Waals surface area contributed by atoms with Crippen molar-refractivity contribution in [2.75, 3.05) is 0 Å². The summed E-state index contributed by atoms with van der Waals surface area (Å²) in [5.41, 5.74) is 1.60. The van der Waals surface area contributed by atoms with E-state index in [9.17, 15) is 0 Å². The first-order valence-corrected chi connectivity index (χ1v) is 7.45. The lowest BCUT2D eigenvalue weighted by atomic mass is 9.72. The molecule has 0 aromatic heterocycles. The molecule has 2 aliphatic rings. The second kappa shape index (κ2) is 5.84. The van der Waals surface area contributed by atoms with Crippen LogP contribution in [0.2, 0.25) is 0 Å². The molecule has 2 rings (SSSR count). The van der Waals surface area contributed by atoms with Gasteiger partial charge in [-0.1, -0.05) is 40.0 Å². The van der Waals surface area contributed by atoms with E-state index in [2.05, 4.69) is 38.2 Å². The fourth-order valence-electron chi connectivity index (χ4n) is 3.53. The summed E-state index contributed by atoms with van der Waals surface area (Å²) >= 11 is 0. The third kappa shape index (κ3) is 3.00. The number of aliphatic imine (C=N–C) groups is 1. The van der Waals surface area contributed by atoms with Gasteiger partial charge in [-0.15, -0.1) is 0 Å². The summed E-state index contributed by atoms with van der Waals surface area (Å²) in [4.78, 5) is 4.50. The van der Waals surface area contributed by atoms with Gasteiger partial charge >= 0.3 is 0 Å². The van der Waals surface area contributed by atoms with Crippen LogP contribution in [0.15, 0.2) is 16.8 Å². The molecular weight excluding hydrogens is 206 g/mol. The molecule has 1 fully saturated rings. The molecule has 3 atom stereocenters. The van der Waals surface area contributed by atoms with Gasteiger partial charge in [0.05, 0.1) is 0 Å². The molecule has 96 valence electrons. The van der Waals surface area contributed by atoms with Gasteiger partial charge in [0.1, 0.15) is 0 Å². The van der Waals surface area contributed by atoms with E-state index in [4.69, 9.17) is 0 Å². The Morgan fingerprint density at radius 1 is 1.24 bits per heavy atom. The SMILES string of the molecule is CCC1CCCC2C(C(C)C)=CN=CC2CC1. The van der Waals surface area contributed by atoms with Crippen LogP contribution in [0.4, 0.5) is 0 Å². The van der Waals surface area contributed by atoms with Crippen molar-refractivity contribution in [3.8, 4) is 0 Å². The highest BCUT2D eigenvalue weighted by atomic mass is 14.7. The van der Waals surface area contributed by atoms with E-state index in [0.717, 1.165) is 17.8 Å². The van der Waals surface area contributed by atoms with E-state index in [1.54, 1.807) is 5.57 Å². The van der Waals surface area contributed by atoms with Crippen LogP contribution in [0.3, 0.4) is 0 Å². The van der Waals surface area contributed by atoms with E-state index in [0.29, 0.717) is 5.92 Å². The first-order chi connectivity index (χ1) is 8.22. The van der Waals surface area contributed by atoms with Crippen LogP contribution >= 0.6 is 0 Å². The predicted molar refractivity (Wildman–Crippen MR) is 75.3 cm³/mol. The van der Waals surface area contributed by atoms with Gasteiger partial charge in [-0.25, -0.2) is 0 Å². The monoisotopic (exact) mass is 233 g/mol. The lowest BCUT2D eigenvalue weighted by Crippen LogP contribution is -2.26. The molecule has 1 heterocycles. The van der Waals surface area contributed by atoms with Gasteiger partial charge < -0.3 is 0 Å². The first kappa shape index (κ1) is 12.9. The van der Waals surface area contributed by atoms with Crippen LogP contribution in [-0.4, -0.2) is 6.21 Å². The summed E-state index contributed by atoms with van der Waals surface area (Å²) in [6.07, 6.45) is 12.8. The molecule has 0 saturated heterocycles. The number of nitrogens with zero attached hydrogens (tertiary/aromatic N) is 1. The van der Waals surface area contributed by atoms with Crippen molar-refractivity contribution >= 4 is 6.21 Å². The molecule has 1 saturated carbocycles. The normalized spacial score (nSPS) is 33.9. The fraction of sp³-hybridized carbons (Fsp3) is 0.812. The van der Waals surface area contributed by atoms with E-state index in [1.165, 1.54) is 38.5 Å². The average molecular weight is 233 g/mol. The zero-order valence-corrected chi connectivity index (χ0v) is 11.7. The van der Waals surface area contributed by atoms with Gasteiger partial charge in [0, 0.05) is 18.3 Å². The fourth-order valence-corrected chi connectivity index (χ4v) is 3.53. The molecule has 0 aromatic carbocycles. The summed E-state index contributed by atoms with van der Waals surface area (Å²) in [5, 5.41) is 0. The Hall–Kier alpha value is -0.590. The van der Waals surface area contributed by atoms with Gasteiger partial charge in [-0.2, -0.15) is 0 Å². The van der Waals surface area contributed by atoms with Crippen molar-refractivity contribution < 1.29 is 0 Å². The highest BCUT2D eigenvalue weighted by Crippen LogP contribution is 2.39. The van der Waals surface area contributed by atoms with Crippen LogP contribution in [0, 0.1) is 23.7 Å². The molecule has 0 spiro atoms. The maximum atomic E-state index is 4.50. The van der Waals surface area contributed by atoms with E-state index < -0.39 is 0 Å². The van der Waals surface area contributed by atoms with Gasteiger partial charge in [0.25, 0.3) is 0 Å². The lowest BCUT2D eigenvalue weighted by molar-refractivity contribution is 0.290. The van der Waals surface area contributed by atoms with Crippen molar-refractivity contribution in [3.63, 3.8) is 0 Å². The maximum absolute atomic E-state index is 4.50. The second-order valence-corrected chi connectivity index (χ2v) is 6.13. The van der Waals surface area contributed by atoms with Crippen molar-refractivity contribution in [1.29, 1.82) is 0 Å². The number of hydrogen-bond donors (Lipinski definition) is 0. The van der Waals surface area contributed by atoms with E-state index in [-0.39, 0.29) is 0 Å². The average Bonchev–Trinajstić information content (AvgIpc) is 2.29. The Balaban J connectivity index is 2.07. The van der Waals surface area contributed by atoms with Crippen LogP contribution in [0.1, 0.15) is 59.3 Å². The molecule has 0 amide bonds. The highest BCUT2D eigenvalue weighted by Gasteiger charge is 2.29. The van der Waals surface area contributed by atoms with Crippen LogP contribution in [0.25, 0.3) is 0 Å². The minimum absolute atomic E-state index is 0.668. The van der Waals surface area contributed by atoms with Crippen LogP contribution < -0.4 is 0 Å². The third-order valence-corrected chi connectivity index (χ3v) is 4.73.